The van der Waals surface area contributed by atoms with E-state index in [0.29, 0.717) is 18.5 Å². The molecule has 108 valence electrons. The van der Waals surface area contributed by atoms with Crippen molar-refractivity contribution in [1.82, 2.24) is 9.78 Å². The highest BCUT2D eigenvalue weighted by atomic mass is 35.5. The fraction of sp³-hybridized carbons (Fsp3) is 0.667. The summed E-state index contributed by atoms with van der Waals surface area (Å²) in [6.45, 7) is 3.75. The van der Waals surface area contributed by atoms with Crippen molar-refractivity contribution in [3.63, 3.8) is 0 Å². The van der Waals surface area contributed by atoms with E-state index in [2.05, 4.69) is 10.4 Å². The summed E-state index contributed by atoms with van der Waals surface area (Å²) in [6, 6.07) is 0. The first-order valence-electron chi connectivity index (χ1n) is 6.29. The van der Waals surface area contributed by atoms with Gasteiger partial charge in [0.2, 0.25) is 0 Å². The lowest BCUT2D eigenvalue weighted by molar-refractivity contribution is 0.202. The molecule has 1 heterocycles. The molecule has 0 unspecified atom stereocenters. The third-order valence-corrected chi connectivity index (χ3v) is 3.72. The van der Waals surface area contributed by atoms with Crippen molar-refractivity contribution in [1.29, 1.82) is 0 Å². The molecule has 0 aliphatic rings. The smallest absolute Gasteiger partial charge is 0.287 e. The maximum Gasteiger partial charge on any atom is 0.287 e. The molecule has 0 fully saturated rings. The van der Waals surface area contributed by atoms with Crippen LogP contribution in [0.1, 0.15) is 26.7 Å². The summed E-state index contributed by atoms with van der Waals surface area (Å²) in [5, 5.41) is 25.4. The molecule has 6 nitrogen and oxygen atoms in total. The van der Waals surface area contributed by atoms with Gasteiger partial charge in [0, 0.05) is 0 Å². The van der Waals surface area contributed by atoms with Crippen LogP contribution in [0.15, 0.2) is 11.0 Å². The van der Waals surface area contributed by atoms with Gasteiger partial charge in [-0.25, -0.2) is 4.68 Å². The summed E-state index contributed by atoms with van der Waals surface area (Å²) in [5.74, 6) is 0. The Kier molecular flexibility index (Phi) is 5.78. The topological polar surface area (TPSA) is 87.4 Å². The van der Waals surface area contributed by atoms with Gasteiger partial charge in [0.05, 0.1) is 37.2 Å². The van der Waals surface area contributed by atoms with Crippen molar-refractivity contribution in [2.75, 3.05) is 18.5 Å². The quantitative estimate of drug-likeness (QED) is 0.693. The second kappa shape index (κ2) is 6.88. The van der Waals surface area contributed by atoms with E-state index < -0.39 is 11.1 Å². The molecule has 0 saturated carbocycles. The molecule has 0 atom stereocenters. The zero-order valence-electron chi connectivity index (χ0n) is 11.2. The molecule has 0 spiro atoms. The second-order valence-electron chi connectivity index (χ2n) is 4.39. The minimum Gasteiger partial charge on any atom is -0.394 e. The maximum absolute atomic E-state index is 11.9. The summed E-state index contributed by atoms with van der Waals surface area (Å²) in [4.78, 5) is 11.9. The standard InChI is InChI=1S/C12H20ClN3O3/c1-3-12(4-2,8-18)15-9-7-14-16(5-6-17)11(19)10(9)13/h7,15,17-18H,3-6,8H2,1-2H3. The largest absolute Gasteiger partial charge is 0.394 e. The number of halogens is 1. The van der Waals surface area contributed by atoms with Gasteiger partial charge in [-0.15, -0.1) is 0 Å². The Labute approximate surface area is 117 Å². The van der Waals surface area contributed by atoms with Gasteiger partial charge < -0.3 is 15.5 Å². The number of nitrogens with zero attached hydrogens (tertiary/aromatic N) is 2. The third kappa shape index (κ3) is 3.46. The maximum atomic E-state index is 11.9. The molecule has 0 aliphatic carbocycles. The van der Waals surface area contributed by atoms with E-state index in [1.807, 2.05) is 13.8 Å². The number of hydrogen-bond acceptors (Lipinski definition) is 5. The summed E-state index contributed by atoms with van der Waals surface area (Å²) in [5.41, 5.74) is -0.570. The Morgan fingerprint density at radius 3 is 2.53 bits per heavy atom. The molecule has 1 rings (SSSR count). The van der Waals surface area contributed by atoms with E-state index in [-0.39, 0.29) is 24.8 Å². The normalized spacial score (nSPS) is 11.6. The molecular formula is C12H20ClN3O3. The molecule has 1 aromatic heterocycles. The van der Waals surface area contributed by atoms with Crippen LogP contribution in [0.25, 0.3) is 0 Å². The number of aliphatic hydroxyl groups excluding tert-OH is 2. The first-order chi connectivity index (χ1) is 9.03. The highest BCUT2D eigenvalue weighted by Crippen LogP contribution is 2.24. The fourth-order valence-electron chi connectivity index (χ4n) is 1.78. The number of anilines is 1. The van der Waals surface area contributed by atoms with Gasteiger partial charge in [0.25, 0.3) is 5.56 Å². The molecule has 0 bridgehead atoms. The van der Waals surface area contributed by atoms with Crippen LogP contribution in [0, 0.1) is 0 Å². The van der Waals surface area contributed by atoms with Crippen molar-refractivity contribution < 1.29 is 10.2 Å². The summed E-state index contributed by atoms with van der Waals surface area (Å²) in [6.07, 6.45) is 2.82. The summed E-state index contributed by atoms with van der Waals surface area (Å²) < 4.78 is 1.10. The van der Waals surface area contributed by atoms with Crippen LogP contribution >= 0.6 is 11.6 Å². The van der Waals surface area contributed by atoms with Gasteiger partial charge in [-0.1, -0.05) is 25.4 Å². The van der Waals surface area contributed by atoms with E-state index in [1.165, 1.54) is 6.20 Å². The zero-order chi connectivity index (χ0) is 14.5. The summed E-state index contributed by atoms with van der Waals surface area (Å²) in [7, 11) is 0. The van der Waals surface area contributed by atoms with Crippen molar-refractivity contribution >= 4 is 17.3 Å². The first kappa shape index (κ1) is 15.9. The van der Waals surface area contributed by atoms with Crippen molar-refractivity contribution in [3.8, 4) is 0 Å². The Morgan fingerprint density at radius 2 is 2.05 bits per heavy atom. The average molecular weight is 290 g/mol. The van der Waals surface area contributed by atoms with E-state index in [9.17, 15) is 9.90 Å². The lowest BCUT2D eigenvalue weighted by Gasteiger charge is -2.32. The molecular weight excluding hydrogens is 270 g/mol. The molecule has 0 amide bonds. The number of rotatable bonds is 7. The van der Waals surface area contributed by atoms with Crippen LogP contribution < -0.4 is 10.9 Å². The van der Waals surface area contributed by atoms with E-state index in [0.717, 1.165) is 4.68 Å². The van der Waals surface area contributed by atoms with E-state index >= 15 is 0 Å². The minimum atomic E-state index is -0.513. The Hall–Kier alpha value is -1.11. The molecule has 7 heteroatoms. The molecule has 19 heavy (non-hydrogen) atoms. The zero-order valence-corrected chi connectivity index (χ0v) is 11.9. The minimum absolute atomic E-state index is 0.0168. The number of aliphatic hydroxyl groups is 2. The van der Waals surface area contributed by atoms with Crippen LogP contribution in [0.4, 0.5) is 5.69 Å². The SMILES string of the molecule is CCC(CC)(CO)Nc1cnn(CCO)c(=O)c1Cl. The predicted octanol–water partition coefficient (Wildman–Crippen LogP) is 0.852. The monoisotopic (exact) mass is 289 g/mol. The van der Waals surface area contributed by atoms with Crippen LogP contribution in [0.2, 0.25) is 5.02 Å². The molecule has 0 aromatic carbocycles. The number of aromatic nitrogens is 2. The number of nitrogens with one attached hydrogen (secondary N) is 1. The molecule has 3 N–H and O–H groups in total. The lowest BCUT2D eigenvalue weighted by atomic mass is 9.93. The lowest BCUT2D eigenvalue weighted by Crippen LogP contribution is -2.41. The van der Waals surface area contributed by atoms with Gasteiger partial charge >= 0.3 is 0 Å². The van der Waals surface area contributed by atoms with E-state index in [1.54, 1.807) is 0 Å². The Balaban J connectivity index is 3.09. The van der Waals surface area contributed by atoms with Crippen LogP contribution in [-0.4, -0.2) is 38.7 Å². The molecule has 0 aliphatic heterocycles. The number of hydrogen-bond donors (Lipinski definition) is 3. The van der Waals surface area contributed by atoms with Gasteiger partial charge in [-0.3, -0.25) is 4.79 Å². The van der Waals surface area contributed by atoms with Gasteiger partial charge in [-0.05, 0) is 12.8 Å². The van der Waals surface area contributed by atoms with Crippen LogP contribution in [0.5, 0.6) is 0 Å². The third-order valence-electron chi connectivity index (χ3n) is 3.35. The van der Waals surface area contributed by atoms with Crippen LogP contribution in [0.3, 0.4) is 0 Å². The van der Waals surface area contributed by atoms with Crippen molar-refractivity contribution in [3.05, 3.63) is 21.6 Å². The molecule has 0 radical (unpaired) electrons. The fourth-order valence-corrected chi connectivity index (χ4v) is 1.98. The summed E-state index contributed by atoms with van der Waals surface area (Å²) >= 11 is 6.01. The highest BCUT2D eigenvalue weighted by Gasteiger charge is 2.26. The average Bonchev–Trinajstić information content (AvgIpc) is 2.44. The molecule has 1 aromatic rings. The van der Waals surface area contributed by atoms with Crippen molar-refractivity contribution in [2.24, 2.45) is 0 Å². The van der Waals surface area contributed by atoms with E-state index in [4.69, 9.17) is 16.7 Å². The second-order valence-corrected chi connectivity index (χ2v) is 4.77. The predicted molar refractivity (Wildman–Crippen MR) is 74.6 cm³/mol. The molecule has 0 saturated heterocycles. The van der Waals surface area contributed by atoms with Gasteiger partial charge in [0.15, 0.2) is 0 Å². The van der Waals surface area contributed by atoms with Crippen molar-refractivity contribution in [2.45, 2.75) is 38.8 Å². The Morgan fingerprint density at radius 1 is 1.42 bits per heavy atom. The highest BCUT2D eigenvalue weighted by molar-refractivity contribution is 6.32. The van der Waals surface area contributed by atoms with Crippen LogP contribution in [-0.2, 0) is 6.54 Å². The van der Waals surface area contributed by atoms with Gasteiger partial charge in [0.1, 0.15) is 5.02 Å². The Bertz CT molecular complexity index is 464. The van der Waals surface area contributed by atoms with Gasteiger partial charge in [-0.2, -0.15) is 5.10 Å². The first-order valence-corrected chi connectivity index (χ1v) is 6.67.